The molecule has 134 valence electrons. The molecule has 0 radical (unpaired) electrons. The summed E-state index contributed by atoms with van der Waals surface area (Å²) in [6, 6.07) is 9.47. The summed E-state index contributed by atoms with van der Waals surface area (Å²) in [5.74, 6) is -0.0345. The maximum atomic E-state index is 12.6. The van der Waals surface area contributed by atoms with Gasteiger partial charge in [0.05, 0.1) is 16.3 Å². The van der Waals surface area contributed by atoms with E-state index in [1.807, 2.05) is 41.9 Å². The van der Waals surface area contributed by atoms with Crippen molar-refractivity contribution in [3.8, 4) is 5.69 Å². The molecule has 5 nitrogen and oxygen atoms in total. The fourth-order valence-electron chi connectivity index (χ4n) is 3.03. The molecule has 0 saturated heterocycles. The number of nitrogens with one attached hydrogen (secondary N) is 2. The molecule has 0 unspecified atom stereocenters. The first-order chi connectivity index (χ1) is 12.6. The van der Waals surface area contributed by atoms with Gasteiger partial charge < -0.3 is 10.6 Å². The zero-order valence-corrected chi connectivity index (χ0v) is 16.0. The Morgan fingerprint density at radius 2 is 2.19 bits per heavy atom. The molecular weight excluding hydrogens is 368 g/mol. The molecule has 0 saturated carbocycles. The number of fused-ring (bicyclic) bond motifs is 1. The Morgan fingerprint density at radius 1 is 1.38 bits per heavy atom. The minimum atomic E-state index is -0.0345. The number of rotatable bonds is 4. The highest BCUT2D eigenvalue weighted by Gasteiger charge is 2.17. The number of carbonyl (C=O) groups is 1. The first kappa shape index (κ1) is 17.3. The summed E-state index contributed by atoms with van der Waals surface area (Å²) in [4.78, 5) is 14.2. The molecule has 0 spiro atoms. The molecule has 2 aromatic heterocycles. The second kappa shape index (κ2) is 7.23. The van der Waals surface area contributed by atoms with Crippen molar-refractivity contribution in [2.75, 3.05) is 19.6 Å². The fraction of sp³-hybridized carbons (Fsp3) is 0.263. The van der Waals surface area contributed by atoms with Crippen LogP contribution < -0.4 is 10.6 Å². The summed E-state index contributed by atoms with van der Waals surface area (Å²) in [5, 5.41) is 12.6. The lowest BCUT2D eigenvalue weighted by Gasteiger charge is -2.14. The number of thiophene rings is 1. The van der Waals surface area contributed by atoms with Crippen molar-refractivity contribution in [1.82, 2.24) is 20.4 Å². The number of nitrogens with zero attached hydrogens (tertiary/aromatic N) is 2. The number of benzene rings is 1. The van der Waals surface area contributed by atoms with Crippen LogP contribution in [0.4, 0.5) is 0 Å². The van der Waals surface area contributed by atoms with Crippen LogP contribution >= 0.6 is 22.9 Å². The van der Waals surface area contributed by atoms with Crippen molar-refractivity contribution in [3.63, 3.8) is 0 Å². The molecule has 0 bridgehead atoms. The first-order valence-electron chi connectivity index (χ1n) is 8.54. The number of carbonyl (C=O) groups excluding carboxylic acids is 1. The van der Waals surface area contributed by atoms with Crippen LogP contribution in [0.5, 0.6) is 0 Å². The molecule has 0 fully saturated rings. The smallest absolute Gasteiger partial charge is 0.261 e. The molecule has 1 aliphatic rings. The highest BCUT2D eigenvalue weighted by atomic mass is 35.5. The van der Waals surface area contributed by atoms with E-state index in [-0.39, 0.29) is 5.91 Å². The summed E-state index contributed by atoms with van der Waals surface area (Å²) in [6.07, 6.45) is 3.13. The Labute approximate surface area is 160 Å². The topological polar surface area (TPSA) is 59.0 Å². The summed E-state index contributed by atoms with van der Waals surface area (Å²) in [7, 11) is 0. The van der Waals surface area contributed by atoms with Crippen LogP contribution in [0.25, 0.3) is 15.9 Å². The van der Waals surface area contributed by atoms with Crippen molar-refractivity contribution in [2.24, 2.45) is 0 Å². The zero-order valence-electron chi connectivity index (χ0n) is 14.4. The molecule has 1 aliphatic heterocycles. The van der Waals surface area contributed by atoms with E-state index in [1.54, 1.807) is 0 Å². The van der Waals surface area contributed by atoms with Crippen LogP contribution in [0, 0.1) is 6.92 Å². The average Bonchev–Trinajstić information content (AvgIpc) is 3.22. The van der Waals surface area contributed by atoms with E-state index in [4.69, 9.17) is 11.6 Å². The molecule has 26 heavy (non-hydrogen) atoms. The van der Waals surface area contributed by atoms with Gasteiger partial charge in [-0.1, -0.05) is 23.3 Å². The molecule has 3 heterocycles. The highest BCUT2D eigenvalue weighted by Crippen LogP contribution is 2.30. The summed E-state index contributed by atoms with van der Waals surface area (Å²) in [6.45, 7) is 4.42. The van der Waals surface area contributed by atoms with Gasteiger partial charge in [-0.25, -0.2) is 4.68 Å². The Kier molecular flexibility index (Phi) is 4.80. The van der Waals surface area contributed by atoms with Crippen LogP contribution in [-0.2, 0) is 0 Å². The quantitative estimate of drug-likeness (QED) is 0.672. The SMILES string of the molecule is Cc1nn(-c2ccc(Cl)cc2)c2sc(C(=O)NCC3=CCNCC3)cc12. The Bertz CT molecular complexity index is 987. The number of aromatic nitrogens is 2. The second-order valence-electron chi connectivity index (χ2n) is 6.30. The molecule has 0 atom stereocenters. The second-order valence-corrected chi connectivity index (χ2v) is 7.77. The molecule has 1 aromatic carbocycles. The predicted octanol–water partition coefficient (Wildman–Crippen LogP) is 3.70. The largest absolute Gasteiger partial charge is 0.348 e. The van der Waals surface area contributed by atoms with Gasteiger partial charge in [0.2, 0.25) is 0 Å². The summed E-state index contributed by atoms with van der Waals surface area (Å²) >= 11 is 7.44. The summed E-state index contributed by atoms with van der Waals surface area (Å²) in [5.41, 5.74) is 3.12. The van der Waals surface area contributed by atoms with E-state index in [0.29, 0.717) is 16.4 Å². The van der Waals surface area contributed by atoms with Gasteiger partial charge in [0, 0.05) is 23.5 Å². The van der Waals surface area contributed by atoms with Crippen molar-refractivity contribution in [1.29, 1.82) is 0 Å². The van der Waals surface area contributed by atoms with Gasteiger partial charge >= 0.3 is 0 Å². The summed E-state index contributed by atoms with van der Waals surface area (Å²) < 4.78 is 1.87. The highest BCUT2D eigenvalue weighted by molar-refractivity contribution is 7.20. The predicted molar refractivity (Wildman–Crippen MR) is 107 cm³/mol. The maximum absolute atomic E-state index is 12.6. The molecule has 4 rings (SSSR count). The molecule has 7 heteroatoms. The van der Waals surface area contributed by atoms with Crippen molar-refractivity contribution in [2.45, 2.75) is 13.3 Å². The van der Waals surface area contributed by atoms with Crippen molar-refractivity contribution < 1.29 is 4.79 Å². The standard InChI is InChI=1S/C19H19ClN4OS/c1-12-16-10-17(18(25)22-11-13-6-8-21-9-7-13)26-19(16)24(23-12)15-4-2-14(20)3-5-15/h2-6,10,21H,7-9,11H2,1H3,(H,22,25). The number of hydrogen-bond acceptors (Lipinski definition) is 4. The number of aryl methyl sites for hydroxylation is 1. The van der Waals surface area contributed by atoms with Crippen LogP contribution in [0.1, 0.15) is 21.8 Å². The number of hydrogen-bond donors (Lipinski definition) is 2. The van der Waals surface area contributed by atoms with E-state index >= 15 is 0 Å². The van der Waals surface area contributed by atoms with Crippen LogP contribution in [0.3, 0.4) is 0 Å². The third kappa shape index (κ3) is 3.40. The van der Waals surface area contributed by atoms with Crippen LogP contribution in [-0.4, -0.2) is 35.3 Å². The van der Waals surface area contributed by atoms with E-state index in [1.165, 1.54) is 16.9 Å². The lowest BCUT2D eigenvalue weighted by molar-refractivity contribution is 0.0960. The Hall–Kier alpha value is -2.15. The third-order valence-electron chi connectivity index (χ3n) is 4.47. The normalized spacial score (nSPS) is 14.5. The lowest BCUT2D eigenvalue weighted by Crippen LogP contribution is -2.29. The van der Waals surface area contributed by atoms with Crippen molar-refractivity contribution >= 4 is 39.1 Å². The van der Waals surface area contributed by atoms with Gasteiger partial charge in [0.1, 0.15) is 4.83 Å². The van der Waals surface area contributed by atoms with Crippen LogP contribution in [0.15, 0.2) is 42.0 Å². The number of amides is 1. The molecule has 3 aromatic rings. The zero-order chi connectivity index (χ0) is 18.1. The minimum Gasteiger partial charge on any atom is -0.348 e. The van der Waals surface area contributed by atoms with Gasteiger partial charge in [-0.05, 0) is 50.2 Å². The van der Waals surface area contributed by atoms with Crippen molar-refractivity contribution in [3.05, 3.63) is 57.6 Å². The van der Waals surface area contributed by atoms with E-state index < -0.39 is 0 Å². The Balaban J connectivity index is 1.59. The maximum Gasteiger partial charge on any atom is 0.261 e. The van der Waals surface area contributed by atoms with E-state index in [9.17, 15) is 4.79 Å². The molecular formula is C19H19ClN4OS. The van der Waals surface area contributed by atoms with Gasteiger partial charge in [0.25, 0.3) is 5.91 Å². The molecule has 1 amide bonds. The van der Waals surface area contributed by atoms with Crippen LogP contribution in [0.2, 0.25) is 5.02 Å². The van der Waals surface area contributed by atoms with Gasteiger partial charge in [-0.2, -0.15) is 5.10 Å². The minimum absolute atomic E-state index is 0.0345. The lowest BCUT2D eigenvalue weighted by atomic mass is 10.1. The average molecular weight is 387 g/mol. The first-order valence-corrected chi connectivity index (χ1v) is 9.73. The van der Waals surface area contributed by atoms with Gasteiger partial charge in [-0.15, -0.1) is 11.3 Å². The van der Waals surface area contributed by atoms with Gasteiger partial charge in [-0.3, -0.25) is 4.79 Å². The number of halogens is 1. The molecule has 2 N–H and O–H groups in total. The van der Waals surface area contributed by atoms with E-state index in [2.05, 4.69) is 21.8 Å². The third-order valence-corrected chi connectivity index (χ3v) is 5.83. The fourth-order valence-corrected chi connectivity index (χ4v) is 4.25. The Morgan fingerprint density at radius 3 is 2.92 bits per heavy atom. The van der Waals surface area contributed by atoms with Gasteiger partial charge in [0.15, 0.2) is 0 Å². The van der Waals surface area contributed by atoms with E-state index in [0.717, 1.165) is 41.1 Å². The monoisotopic (exact) mass is 386 g/mol. The molecule has 0 aliphatic carbocycles.